The Hall–Kier alpha value is -3.86. The summed E-state index contributed by atoms with van der Waals surface area (Å²) in [4.78, 5) is 8.88. The number of nitrogens with one attached hydrogen (secondary N) is 3. The first-order valence-electron chi connectivity index (χ1n) is 13.4. The molecule has 1 aliphatic carbocycles. The molecule has 2 aromatic carbocycles. The molecule has 1 saturated carbocycles. The molecule has 0 bridgehead atoms. The van der Waals surface area contributed by atoms with E-state index < -0.39 is 0 Å². The fourth-order valence-electron chi connectivity index (χ4n) is 5.21. The lowest BCUT2D eigenvalue weighted by atomic mass is 9.86. The molecule has 1 aliphatic heterocycles. The third kappa shape index (κ3) is 5.23. The van der Waals surface area contributed by atoms with Crippen molar-refractivity contribution in [3.8, 4) is 6.07 Å². The second-order valence-electron chi connectivity index (χ2n) is 11.7. The van der Waals surface area contributed by atoms with Gasteiger partial charge in [-0.2, -0.15) is 5.26 Å². The molecule has 1 fully saturated rings. The Bertz CT molecular complexity index is 1620. The van der Waals surface area contributed by atoms with Gasteiger partial charge in [0, 0.05) is 54.1 Å². The monoisotopic (exact) mass is 537 g/mol. The molecule has 0 unspecified atom stereocenters. The SMILES string of the molecule is CC(C)(C)CNc1c(C#N)cnc2c(Cl)cc(C[C@H](C3=CN(C4CC4)NN3)c3cccc4cnccc34)cc12. The fourth-order valence-corrected chi connectivity index (χ4v) is 5.50. The average Bonchev–Trinajstić information content (AvgIpc) is 3.66. The quantitative estimate of drug-likeness (QED) is 0.250. The van der Waals surface area contributed by atoms with Gasteiger partial charge in [-0.3, -0.25) is 15.0 Å². The Labute approximate surface area is 233 Å². The molecule has 0 radical (unpaired) electrons. The molecule has 0 spiro atoms. The number of benzene rings is 2. The molecule has 198 valence electrons. The number of rotatable bonds is 7. The van der Waals surface area contributed by atoms with E-state index in [-0.39, 0.29) is 11.3 Å². The molecule has 7 nitrogen and oxygen atoms in total. The Morgan fingerprint density at radius 2 is 2.03 bits per heavy atom. The van der Waals surface area contributed by atoms with Crippen LogP contribution in [0.15, 0.2) is 66.9 Å². The van der Waals surface area contributed by atoms with Gasteiger partial charge in [-0.05, 0) is 59.4 Å². The number of hydrogen-bond acceptors (Lipinski definition) is 7. The van der Waals surface area contributed by atoms with Crippen molar-refractivity contribution in [2.45, 2.75) is 52.0 Å². The van der Waals surface area contributed by atoms with Crippen molar-refractivity contribution in [2.75, 3.05) is 11.9 Å². The van der Waals surface area contributed by atoms with Crippen LogP contribution in [0, 0.1) is 16.7 Å². The molecule has 2 aliphatic rings. The lowest BCUT2D eigenvalue weighted by Gasteiger charge is -2.23. The predicted molar refractivity (Wildman–Crippen MR) is 157 cm³/mol. The molecule has 4 aromatic rings. The van der Waals surface area contributed by atoms with Gasteiger partial charge in [0.1, 0.15) is 6.07 Å². The number of aromatic nitrogens is 2. The van der Waals surface area contributed by atoms with Gasteiger partial charge >= 0.3 is 0 Å². The number of pyridine rings is 2. The zero-order chi connectivity index (χ0) is 27.1. The standard InChI is InChI=1S/C31H32ClN7/c1-31(2,3)18-36-29-21(14-33)16-35-30-26(29)12-19(13-27(30)32)11-25(28-17-39(38-37-28)22-7-8-22)24-6-4-5-20-15-34-10-9-23(20)24/h4-6,9-10,12-13,15-17,22,25,37-38H,7-8,11,18H2,1-3H3,(H,35,36)/t25-/m0/s1. The third-order valence-electron chi connectivity index (χ3n) is 7.35. The van der Waals surface area contributed by atoms with Crippen LogP contribution in [0.2, 0.25) is 5.02 Å². The van der Waals surface area contributed by atoms with E-state index in [1.54, 1.807) is 6.20 Å². The average molecular weight is 538 g/mol. The van der Waals surface area contributed by atoms with Crippen LogP contribution in [-0.2, 0) is 6.42 Å². The highest BCUT2D eigenvalue weighted by atomic mass is 35.5. The highest BCUT2D eigenvalue weighted by molar-refractivity contribution is 6.35. The van der Waals surface area contributed by atoms with E-state index in [1.807, 2.05) is 18.5 Å². The minimum atomic E-state index is 0.0407. The zero-order valence-electron chi connectivity index (χ0n) is 22.4. The smallest absolute Gasteiger partial charge is 0.103 e. The van der Waals surface area contributed by atoms with Crippen LogP contribution in [0.4, 0.5) is 5.69 Å². The van der Waals surface area contributed by atoms with Crippen LogP contribution in [0.25, 0.3) is 21.7 Å². The minimum absolute atomic E-state index is 0.0407. The Morgan fingerprint density at radius 1 is 1.18 bits per heavy atom. The maximum Gasteiger partial charge on any atom is 0.103 e. The van der Waals surface area contributed by atoms with E-state index in [4.69, 9.17) is 11.6 Å². The summed E-state index contributed by atoms with van der Waals surface area (Å²) >= 11 is 6.84. The molecule has 0 amide bonds. The van der Waals surface area contributed by atoms with Gasteiger partial charge in [0.05, 0.1) is 27.5 Å². The van der Waals surface area contributed by atoms with E-state index >= 15 is 0 Å². The van der Waals surface area contributed by atoms with E-state index in [0.717, 1.165) is 34.3 Å². The zero-order valence-corrected chi connectivity index (χ0v) is 23.2. The van der Waals surface area contributed by atoms with Crippen LogP contribution in [0.3, 0.4) is 0 Å². The summed E-state index contributed by atoms with van der Waals surface area (Å²) in [6.07, 6.45) is 10.7. The Kier molecular flexibility index (Phi) is 6.54. The number of allylic oxidation sites excluding steroid dienone is 1. The number of halogens is 1. The number of nitrogens with zero attached hydrogens (tertiary/aromatic N) is 4. The fraction of sp³-hybridized carbons (Fsp3) is 0.323. The molecule has 39 heavy (non-hydrogen) atoms. The number of hydrazine groups is 2. The maximum atomic E-state index is 9.86. The molecule has 1 atom stereocenters. The van der Waals surface area contributed by atoms with Crippen molar-refractivity contribution in [3.05, 3.63) is 88.6 Å². The van der Waals surface area contributed by atoms with E-state index in [1.165, 1.54) is 23.8 Å². The summed E-state index contributed by atoms with van der Waals surface area (Å²) in [5.41, 5.74) is 12.2. The van der Waals surface area contributed by atoms with Crippen LogP contribution in [0.5, 0.6) is 0 Å². The summed E-state index contributed by atoms with van der Waals surface area (Å²) in [6, 6.07) is 15.5. The molecule has 0 saturated heterocycles. The second kappa shape index (κ2) is 10.0. The summed E-state index contributed by atoms with van der Waals surface area (Å²) < 4.78 is 0. The first kappa shape index (κ1) is 25.4. The molecule has 8 heteroatoms. The summed E-state index contributed by atoms with van der Waals surface area (Å²) in [6.45, 7) is 7.22. The number of nitriles is 1. The Balaban J connectivity index is 1.46. The van der Waals surface area contributed by atoms with Crippen LogP contribution < -0.4 is 16.3 Å². The summed E-state index contributed by atoms with van der Waals surface area (Å²) in [5.74, 6) is 0.0407. The number of anilines is 1. The van der Waals surface area contributed by atoms with Crippen molar-refractivity contribution >= 4 is 39.0 Å². The first-order valence-corrected chi connectivity index (χ1v) is 13.8. The summed E-state index contributed by atoms with van der Waals surface area (Å²) in [5, 5.41) is 19.3. The van der Waals surface area contributed by atoms with Crippen molar-refractivity contribution in [2.24, 2.45) is 5.41 Å². The molecule has 3 heterocycles. The van der Waals surface area contributed by atoms with E-state index in [2.05, 4.69) is 94.6 Å². The second-order valence-corrected chi connectivity index (χ2v) is 12.1. The molecular weight excluding hydrogens is 506 g/mol. The molecule has 2 aromatic heterocycles. The maximum absolute atomic E-state index is 9.86. The van der Waals surface area contributed by atoms with Crippen LogP contribution >= 0.6 is 11.6 Å². The van der Waals surface area contributed by atoms with Crippen LogP contribution in [0.1, 0.15) is 56.2 Å². The van der Waals surface area contributed by atoms with Gasteiger partial charge in [0.2, 0.25) is 0 Å². The van der Waals surface area contributed by atoms with E-state index in [0.29, 0.717) is 28.6 Å². The van der Waals surface area contributed by atoms with Crippen molar-refractivity contribution in [1.82, 2.24) is 25.9 Å². The van der Waals surface area contributed by atoms with Gasteiger partial charge in [-0.15, -0.1) is 5.53 Å². The van der Waals surface area contributed by atoms with Gasteiger partial charge < -0.3 is 10.7 Å². The predicted octanol–water partition coefficient (Wildman–Crippen LogP) is 6.42. The number of hydrogen-bond donors (Lipinski definition) is 3. The highest BCUT2D eigenvalue weighted by Gasteiger charge is 2.32. The normalized spacial score (nSPS) is 16.2. The topological polar surface area (TPSA) is 88.9 Å². The molecular formula is C31H32ClN7. The minimum Gasteiger partial charge on any atom is -0.383 e. The summed E-state index contributed by atoms with van der Waals surface area (Å²) in [7, 11) is 0. The number of fused-ring (bicyclic) bond motifs is 2. The Morgan fingerprint density at radius 3 is 2.79 bits per heavy atom. The van der Waals surface area contributed by atoms with E-state index in [9.17, 15) is 5.26 Å². The van der Waals surface area contributed by atoms with Crippen LogP contribution in [-0.4, -0.2) is 27.6 Å². The van der Waals surface area contributed by atoms with Gasteiger partial charge in [0.25, 0.3) is 0 Å². The molecule has 3 N–H and O–H groups in total. The third-order valence-corrected chi connectivity index (χ3v) is 7.64. The van der Waals surface area contributed by atoms with Gasteiger partial charge in [-0.1, -0.05) is 50.6 Å². The van der Waals surface area contributed by atoms with Crippen molar-refractivity contribution in [3.63, 3.8) is 0 Å². The lowest BCUT2D eigenvalue weighted by molar-refractivity contribution is 0.260. The van der Waals surface area contributed by atoms with Gasteiger partial charge in [0.15, 0.2) is 0 Å². The first-order chi connectivity index (χ1) is 18.8. The lowest BCUT2D eigenvalue weighted by Crippen LogP contribution is -2.38. The highest BCUT2D eigenvalue weighted by Crippen LogP contribution is 2.38. The van der Waals surface area contributed by atoms with Crippen molar-refractivity contribution < 1.29 is 0 Å². The van der Waals surface area contributed by atoms with Gasteiger partial charge in [-0.25, -0.2) is 0 Å². The largest absolute Gasteiger partial charge is 0.383 e. The van der Waals surface area contributed by atoms with Crippen molar-refractivity contribution in [1.29, 1.82) is 5.26 Å². The molecule has 6 rings (SSSR count).